The van der Waals surface area contributed by atoms with Crippen LogP contribution in [0.5, 0.6) is 0 Å². The second kappa shape index (κ2) is 6.28. The van der Waals surface area contributed by atoms with Crippen molar-refractivity contribution in [2.45, 2.75) is 52.0 Å². The highest BCUT2D eigenvalue weighted by Crippen LogP contribution is 2.32. The maximum Gasteiger partial charge on any atom is 0.139 e. The quantitative estimate of drug-likeness (QED) is 0.850. The molecule has 0 spiro atoms. The molecule has 4 nitrogen and oxygen atoms in total. The van der Waals surface area contributed by atoms with Gasteiger partial charge in [0.1, 0.15) is 16.5 Å². The minimum atomic E-state index is 0.257. The molecule has 0 aliphatic heterocycles. The Kier molecular flexibility index (Phi) is 4.40. The molecule has 2 atom stereocenters. The molecule has 1 aliphatic carbocycles. The number of aliphatic hydroxyl groups excluding tert-OH is 1. The first kappa shape index (κ1) is 14.7. The highest BCUT2D eigenvalue weighted by molar-refractivity contribution is 7.17. The van der Waals surface area contributed by atoms with E-state index in [0.717, 1.165) is 34.7 Å². The topological polar surface area (TPSA) is 58.0 Å². The lowest BCUT2D eigenvalue weighted by Crippen LogP contribution is -2.31. The van der Waals surface area contributed by atoms with Crippen LogP contribution in [0.3, 0.4) is 0 Å². The molecule has 114 valence electrons. The molecule has 0 radical (unpaired) electrons. The zero-order valence-electron chi connectivity index (χ0n) is 12.7. The summed E-state index contributed by atoms with van der Waals surface area (Å²) in [6.07, 6.45) is 5.93. The van der Waals surface area contributed by atoms with E-state index in [0.29, 0.717) is 12.0 Å². The predicted molar refractivity (Wildman–Crippen MR) is 88.0 cm³/mol. The van der Waals surface area contributed by atoms with Crippen LogP contribution >= 0.6 is 11.3 Å². The smallest absolute Gasteiger partial charge is 0.139 e. The summed E-state index contributed by atoms with van der Waals surface area (Å²) in [7, 11) is 0. The standard InChI is InChI=1S/C16H23N3OS/c1-10-9-21-16-14(10)15(17-11(2)18-16)19-13-7-5-3-4-6-12(13)8-20/h9,12-13,20H,3-8H2,1-2H3,(H,17,18,19). The van der Waals surface area contributed by atoms with Crippen molar-refractivity contribution in [1.29, 1.82) is 0 Å². The molecule has 2 N–H and O–H groups in total. The van der Waals surface area contributed by atoms with Gasteiger partial charge >= 0.3 is 0 Å². The van der Waals surface area contributed by atoms with Crippen molar-refractivity contribution < 1.29 is 5.11 Å². The van der Waals surface area contributed by atoms with Gasteiger partial charge in [-0.2, -0.15) is 0 Å². The highest BCUT2D eigenvalue weighted by atomic mass is 32.1. The van der Waals surface area contributed by atoms with Crippen molar-refractivity contribution in [3.63, 3.8) is 0 Å². The fraction of sp³-hybridized carbons (Fsp3) is 0.625. The number of hydrogen-bond donors (Lipinski definition) is 2. The summed E-state index contributed by atoms with van der Waals surface area (Å²) in [6, 6.07) is 0.314. The molecular weight excluding hydrogens is 282 g/mol. The monoisotopic (exact) mass is 305 g/mol. The molecule has 3 rings (SSSR count). The largest absolute Gasteiger partial charge is 0.396 e. The van der Waals surface area contributed by atoms with Crippen molar-refractivity contribution in [1.82, 2.24) is 9.97 Å². The molecule has 0 saturated heterocycles. The van der Waals surface area contributed by atoms with Crippen molar-refractivity contribution in [2.24, 2.45) is 5.92 Å². The number of thiophene rings is 1. The van der Waals surface area contributed by atoms with Crippen molar-refractivity contribution in [3.8, 4) is 0 Å². The Bertz CT molecular complexity index is 625. The van der Waals surface area contributed by atoms with Crippen LogP contribution in [0.1, 0.15) is 43.5 Å². The fourth-order valence-corrected chi connectivity index (χ4v) is 4.23. The van der Waals surface area contributed by atoms with Crippen LogP contribution in [0.4, 0.5) is 5.82 Å². The molecule has 1 saturated carbocycles. The van der Waals surface area contributed by atoms with E-state index in [1.807, 2.05) is 6.92 Å². The molecule has 0 aromatic carbocycles. The second-order valence-electron chi connectivity index (χ2n) is 6.05. The van der Waals surface area contributed by atoms with E-state index in [4.69, 9.17) is 0 Å². The van der Waals surface area contributed by atoms with Gasteiger partial charge in [0.15, 0.2) is 0 Å². The molecule has 5 heteroatoms. The molecule has 0 bridgehead atoms. The summed E-state index contributed by atoms with van der Waals surface area (Å²) in [4.78, 5) is 10.2. The van der Waals surface area contributed by atoms with Gasteiger partial charge in [-0.1, -0.05) is 19.3 Å². The van der Waals surface area contributed by atoms with E-state index in [-0.39, 0.29) is 6.61 Å². The first-order chi connectivity index (χ1) is 10.2. The predicted octanol–water partition coefficient (Wildman–Crippen LogP) is 3.66. The molecule has 2 heterocycles. The maximum atomic E-state index is 9.68. The van der Waals surface area contributed by atoms with Crippen LogP contribution in [-0.2, 0) is 0 Å². The molecule has 2 aromatic heterocycles. The average Bonchev–Trinajstić information content (AvgIpc) is 2.70. The third kappa shape index (κ3) is 3.04. The zero-order chi connectivity index (χ0) is 14.8. The van der Waals surface area contributed by atoms with Crippen molar-refractivity contribution in [3.05, 3.63) is 16.8 Å². The molecule has 21 heavy (non-hydrogen) atoms. The van der Waals surface area contributed by atoms with Gasteiger partial charge in [0.25, 0.3) is 0 Å². The fourth-order valence-electron chi connectivity index (χ4n) is 3.26. The summed E-state index contributed by atoms with van der Waals surface area (Å²) in [5.74, 6) is 2.08. The number of aliphatic hydroxyl groups is 1. The average molecular weight is 305 g/mol. The molecular formula is C16H23N3OS. The Hall–Kier alpha value is -1.20. The lowest BCUT2D eigenvalue weighted by Gasteiger charge is -2.25. The Labute approximate surface area is 129 Å². The van der Waals surface area contributed by atoms with E-state index < -0.39 is 0 Å². The molecule has 1 fully saturated rings. The second-order valence-corrected chi connectivity index (χ2v) is 6.91. The number of hydrogen-bond acceptors (Lipinski definition) is 5. The molecule has 0 amide bonds. The number of nitrogens with zero attached hydrogens (tertiary/aromatic N) is 2. The van der Waals surface area contributed by atoms with Gasteiger partial charge < -0.3 is 10.4 Å². The van der Waals surface area contributed by atoms with Crippen LogP contribution in [0, 0.1) is 19.8 Å². The summed E-state index contributed by atoms with van der Waals surface area (Å²) in [6.45, 7) is 4.31. The van der Waals surface area contributed by atoms with Gasteiger partial charge in [0.05, 0.1) is 5.39 Å². The van der Waals surface area contributed by atoms with Gasteiger partial charge in [-0.05, 0) is 37.6 Å². The molecule has 2 aromatic rings. The summed E-state index contributed by atoms with van der Waals surface area (Å²) in [5.41, 5.74) is 1.23. The van der Waals surface area contributed by atoms with Crippen LogP contribution < -0.4 is 5.32 Å². The zero-order valence-corrected chi connectivity index (χ0v) is 13.5. The SMILES string of the molecule is Cc1nc(NC2CCCCCC2CO)c2c(C)csc2n1. The van der Waals surface area contributed by atoms with Crippen LogP contribution in [0.2, 0.25) is 0 Å². The number of rotatable bonds is 3. The Morgan fingerprint density at radius 3 is 2.86 bits per heavy atom. The van der Waals surface area contributed by atoms with Crippen LogP contribution in [0.15, 0.2) is 5.38 Å². The summed E-state index contributed by atoms with van der Waals surface area (Å²) in [5, 5.41) is 16.6. The summed E-state index contributed by atoms with van der Waals surface area (Å²) >= 11 is 1.67. The molecule has 1 aliphatic rings. The number of fused-ring (bicyclic) bond motifs is 1. The number of aryl methyl sites for hydroxylation is 2. The number of aromatic nitrogens is 2. The lowest BCUT2D eigenvalue weighted by molar-refractivity contribution is 0.203. The summed E-state index contributed by atoms with van der Waals surface area (Å²) < 4.78 is 0. The van der Waals surface area contributed by atoms with Gasteiger partial charge in [0.2, 0.25) is 0 Å². The van der Waals surface area contributed by atoms with Gasteiger partial charge in [-0.25, -0.2) is 9.97 Å². The molecule has 2 unspecified atom stereocenters. The van der Waals surface area contributed by atoms with Crippen LogP contribution in [-0.4, -0.2) is 27.7 Å². The van der Waals surface area contributed by atoms with E-state index >= 15 is 0 Å². The van der Waals surface area contributed by atoms with Crippen molar-refractivity contribution >= 4 is 27.4 Å². The highest BCUT2D eigenvalue weighted by Gasteiger charge is 2.24. The van der Waals surface area contributed by atoms with Gasteiger partial charge in [-0.15, -0.1) is 11.3 Å². The minimum absolute atomic E-state index is 0.257. The van der Waals surface area contributed by atoms with Gasteiger partial charge in [0, 0.05) is 18.6 Å². The van der Waals surface area contributed by atoms with Gasteiger partial charge in [-0.3, -0.25) is 0 Å². The van der Waals surface area contributed by atoms with E-state index in [9.17, 15) is 5.11 Å². The van der Waals surface area contributed by atoms with Crippen LogP contribution in [0.25, 0.3) is 10.2 Å². The minimum Gasteiger partial charge on any atom is -0.396 e. The number of nitrogens with one attached hydrogen (secondary N) is 1. The third-order valence-corrected chi connectivity index (χ3v) is 5.44. The Morgan fingerprint density at radius 1 is 1.24 bits per heavy atom. The van der Waals surface area contributed by atoms with E-state index in [2.05, 4.69) is 27.6 Å². The third-order valence-electron chi connectivity index (χ3n) is 4.44. The van der Waals surface area contributed by atoms with Crippen molar-refractivity contribution in [2.75, 3.05) is 11.9 Å². The Balaban J connectivity index is 1.94. The number of anilines is 1. The van der Waals surface area contributed by atoms with E-state index in [1.54, 1.807) is 11.3 Å². The first-order valence-corrected chi connectivity index (χ1v) is 8.67. The first-order valence-electron chi connectivity index (χ1n) is 7.79. The Morgan fingerprint density at radius 2 is 2.05 bits per heavy atom. The maximum absolute atomic E-state index is 9.68. The lowest BCUT2D eigenvalue weighted by atomic mass is 9.95. The van der Waals surface area contributed by atoms with E-state index in [1.165, 1.54) is 24.8 Å². The normalized spacial score (nSPS) is 23.2.